The normalized spacial score (nSPS) is 42.3. The third-order valence-corrected chi connectivity index (χ3v) is 15.7. The van der Waals surface area contributed by atoms with E-state index in [0.29, 0.717) is 85.2 Å². The van der Waals surface area contributed by atoms with Crippen LogP contribution in [0.5, 0.6) is 0 Å². The summed E-state index contributed by atoms with van der Waals surface area (Å²) in [5.41, 5.74) is 2.22. The fourth-order valence-electron chi connectivity index (χ4n) is 12.8. The Morgan fingerprint density at radius 1 is 0.938 bits per heavy atom. The largest absolute Gasteiger partial charge is 0.481 e. The highest BCUT2D eigenvalue weighted by Gasteiger charge is 2.61. The van der Waals surface area contributed by atoms with Crippen LogP contribution in [-0.4, -0.2) is 47.7 Å². The van der Waals surface area contributed by atoms with E-state index in [1.165, 1.54) is 31.3 Å². The highest BCUT2D eigenvalue weighted by Crippen LogP contribution is 2.68. The molecule has 268 valence electrons. The van der Waals surface area contributed by atoms with Crippen molar-refractivity contribution in [2.45, 2.75) is 131 Å². The topological polar surface area (TPSA) is 113 Å². The molecule has 0 radical (unpaired) electrons. The number of carboxylic acid groups (broad SMARTS) is 1. The smallest absolute Gasteiger partial charge is 0.306 e. The van der Waals surface area contributed by atoms with Gasteiger partial charge in [0.2, 0.25) is 5.91 Å². The summed E-state index contributed by atoms with van der Waals surface area (Å²) in [6.07, 6.45) is 11.2. The van der Waals surface area contributed by atoms with Gasteiger partial charge >= 0.3 is 5.97 Å². The van der Waals surface area contributed by atoms with Crippen LogP contribution in [0.4, 0.5) is 0 Å². The van der Waals surface area contributed by atoms with Crippen molar-refractivity contribution in [3.8, 4) is 0 Å². The third-order valence-electron chi connectivity index (χ3n) is 15.7. The Kier molecular flexibility index (Phi) is 9.65. The zero-order valence-electron chi connectivity index (χ0n) is 31.1. The maximum atomic E-state index is 13.8. The quantitative estimate of drug-likeness (QED) is 0.227. The number of aliphatic carboxylic acids is 1. The molecule has 12 unspecified atom stereocenters. The van der Waals surface area contributed by atoms with Crippen LogP contribution in [0.1, 0.15) is 126 Å². The van der Waals surface area contributed by atoms with Crippen LogP contribution in [0.2, 0.25) is 0 Å². The Morgan fingerprint density at radius 3 is 2.29 bits per heavy atom. The van der Waals surface area contributed by atoms with E-state index in [-0.39, 0.29) is 45.9 Å². The molecule has 0 bridgehead atoms. The summed E-state index contributed by atoms with van der Waals surface area (Å²) in [6.45, 7) is 16.0. The first-order valence-corrected chi connectivity index (χ1v) is 19.5. The number of carboxylic acids is 1. The number of ketones is 2. The fourth-order valence-corrected chi connectivity index (χ4v) is 12.8. The molecule has 7 nitrogen and oxygen atoms in total. The van der Waals surface area contributed by atoms with Crippen LogP contribution in [0, 0.1) is 75.9 Å². The van der Waals surface area contributed by atoms with E-state index >= 15 is 0 Å². The van der Waals surface area contributed by atoms with Gasteiger partial charge in [0.1, 0.15) is 5.78 Å². The van der Waals surface area contributed by atoms with E-state index in [1.807, 2.05) is 14.0 Å². The molecule has 0 spiro atoms. The number of nitrogens with one attached hydrogen (secondary N) is 2. The minimum absolute atomic E-state index is 0.0413. The molecule has 0 aromatic rings. The highest BCUT2D eigenvalue weighted by molar-refractivity contribution is 6.01. The number of allylic oxidation sites excluding steroid dienone is 2. The molecule has 0 heterocycles. The van der Waals surface area contributed by atoms with Gasteiger partial charge in [-0.1, -0.05) is 40.2 Å². The van der Waals surface area contributed by atoms with Gasteiger partial charge in [0, 0.05) is 42.7 Å². The number of hydrogen-bond donors (Lipinski definition) is 3. The molecule has 1 amide bonds. The second-order valence-corrected chi connectivity index (χ2v) is 18.8. The van der Waals surface area contributed by atoms with Crippen molar-refractivity contribution >= 4 is 23.4 Å². The predicted octanol–water partition coefficient (Wildman–Crippen LogP) is 7.23. The maximum Gasteiger partial charge on any atom is 0.306 e. The molecular weight excluding hydrogens is 600 g/mol. The summed E-state index contributed by atoms with van der Waals surface area (Å²) in [4.78, 5) is 52.1. The molecule has 5 saturated carbocycles. The monoisotopic (exact) mass is 664 g/mol. The SMILES string of the molecule is CNC(C)(C)CNC(=O)CC12CCC3C(CCC4C3CCC3C(C)C(CC(=O)C5CC(C(=O)O)C5C)CCC34C)C1=C(C(C)C)C(=O)C2. The summed E-state index contributed by atoms with van der Waals surface area (Å²) in [7, 11) is 1.92. The van der Waals surface area contributed by atoms with Crippen LogP contribution in [0.25, 0.3) is 0 Å². The molecule has 6 aliphatic carbocycles. The van der Waals surface area contributed by atoms with Crippen molar-refractivity contribution in [1.82, 2.24) is 10.6 Å². The molecule has 12 atom stereocenters. The molecule has 6 aliphatic rings. The van der Waals surface area contributed by atoms with Crippen LogP contribution in [0.3, 0.4) is 0 Å². The number of Topliss-reactive ketones (excluding diaryl/α,β-unsaturated/α-hetero) is 2. The molecule has 0 aromatic carbocycles. The average molecular weight is 665 g/mol. The van der Waals surface area contributed by atoms with Crippen molar-refractivity contribution in [1.29, 1.82) is 0 Å². The summed E-state index contributed by atoms with van der Waals surface area (Å²) in [6, 6.07) is 0. The Labute approximate surface area is 289 Å². The van der Waals surface area contributed by atoms with Crippen molar-refractivity contribution in [3.05, 3.63) is 11.1 Å². The lowest BCUT2D eigenvalue weighted by atomic mass is 9.42. The third kappa shape index (κ3) is 5.94. The summed E-state index contributed by atoms with van der Waals surface area (Å²) >= 11 is 0. The van der Waals surface area contributed by atoms with Crippen molar-refractivity contribution in [2.75, 3.05) is 13.6 Å². The van der Waals surface area contributed by atoms with Crippen LogP contribution < -0.4 is 10.6 Å². The lowest BCUT2D eigenvalue weighted by Crippen LogP contribution is -2.56. The molecule has 0 aliphatic heterocycles. The second-order valence-electron chi connectivity index (χ2n) is 18.8. The average Bonchev–Trinajstić information content (AvgIpc) is 3.32. The zero-order chi connectivity index (χ0) is 34.9. The number of likely N-dealkylation sites (N-methyl/N-ethyl adjacent to an activating group) is 1. The molecule has 48 heavy (non-hydrogen) atoms. The minimum atomic E-state index is -0.755. The van der Waals surface area contributed by atoms with E-state index in [9.17, 15) is 24.3 Å². The first kappa shape index (κ1) is 35.8. The van der Waals surface area contributed by atoms with Crippen molar-refractivity contribution in [2.24, 2.45) is 75.9 Å². The van der Waals surface area contributed by atoms with Crippen LogP contribution in [0.15, 0.2) is 11.1 Å². The second kappa shape index (κ2) is 12.9. The molecule has 0 aromatic heterocycles. The van der Waals surface area contributed by atoms with Gasteiger partial charge in [-0.25, -0.2) is 0 Å². The summed E-state index contributed by atoms with van der Waals surface area (Å²) in [5.74, 6) is 3.51. The Balaban J connectivity index is 1.17. The van der Waals surface area contributed by atoms with Gasteiger partial charge in [0.15, 0.2) is 5.78 Å². The van der Waals surface area contributed by atoms with Gasteiger partial charge < -0.3 is 15.7 Å². The van der Waals surface area contributed by atoms with Crippen molar-refractivity contribution in [3.63, 3.8) is 0 Å². The number of amides is 1. The Hall–Kier alpha value is -2.02. The molecule has 3 N–H and O–H groups in total. The van der Waals surface area contributed by atoms with E-state index in [4.69, 9.17) is 0 Å². The number of carbonyl (C=O) groups is 4. The van der Waals surface area contributed by atoms with Gasteiger partial charge in [0.25, 0.3) is 0 Å². The Bertz CT molecular complexity index is 1350. The predicted molar refractivity (Wildman–Crippen MR) is 188 cm³/mol. The molecular formula is C41H64N2O5. The van der Waals surface area contributed by atoms with Gasteiger partial charge in [-0.15, -0.1) is 0 Å². The lowest BCUT2D eigenvalue weighted by molar-refractivity contribution is -0.154. The molecule has 7 heteroatoms. The number of hydrogen-bond acceptors (Lipinski definition) is 5. The van der Waals surface area contributed by atoms with Gasteiger partial charge in [0.05, 0.1) is 5.92 Å². The summed E-state index contributed by atoms with van der Waals surface area (Å²) < 4.78 is 0. The van der Waals surface area contributed by atoms with E-state index in [2.05, 4.69) is 52.2 Å². The standard InChI is InChI=1S/C41H64N2O5/c1-22(2)36-34(45)19-41(20-35(46)43-21-39(5,6)42-8)16-14-26-27-9-11-31-23(3)25(17-33(44)29-18-30(24(29)4)38(47)48)13-15-40(31,7)32(27)12-10-28(26)37(36)41/h22-32,42H,9-21H2,1-8H3,(H,43,46)(H,47,48). The first-order valence-electron chi connectivity index (χ1n) is 19.5. The number of carbonyl (C=O) groups excluding carboxylic acids is 3. The van der Waals surface area contributed by atoms with Crippen LogP contribution in [-0.2, 0) is 19.2 Å². The van der Waals surface area contributed by atoms with Gasteiger partial charge in [-0.3, -0.25) is 19.2 Å². The minimum Gasteiger partial charge on any atom is -0.481 e. The fraction of sp³-hybridized carbons (Fsp3) is 0.854. The van der Waals surface area contributed by atoms with Gasteiger partial charge in [-0.05, 0) is 143 Å². The van der Waals surface area contributed by atoms with E-state index < -0.39 is 5.97 Å². The zero-order valence-corrected chi connectivity index (χ0v) is 31.1. The molecule has 0 saturated heterocycles. The maximum absolute atomic E-state index is 13.8. The van der Waals surface area contributed by atoms with E-state index in [0.717, 1.165) is 31.3 Å². The lowest BCUT2D eigenvalue weighted by Gasteiger charge is -2.63. The first-order chi connectivity index (χ1) is 22.5. The number of rotatable bonds is 10. The summed E-state index contributed by atoms with van der Waals surface area (Å²) in [5, 5.41) is 15.9. The molecule has 5 fully saturated rings. The Morgan fingerprint density at radius 2 is 1.65 bits per heavy atom. The highest BCUT2D eigenvalue weighted by atomic mass is 16.4. The number of fused-ring (bicyclic) bond motifs is 7. The van der Waals surface area contributed by atoms with Gasteiger partial charge in [-0.2, -0.15) is 0 Å². The van der Waals surface area contributed by atoms with E-state index in [1.54, 1.807) is 0 Å². The van der Waals surface area contributed by atoms with Crippen LogP contribution >= 0.6 is 0 Å². The van der Waals surface area contributed by atoms with Crippen molar-refractivity contribution < 1.29 is 24.3 Å². The molecule has 6 rings (SSSR count).